The van der Waals surface area contributed by atoms with Gasteiger partial charge < -0.3 is 14.7 Å². The molecule has 2 N–H and O–H groups in total. The number of fused-ring (bicyclic) bond motifs is 3. The van der Waals surface area contributed by atoms with E-state index in [0.29, 0.717) is 5.69 Å². The van der Waals surface area contributed by atoms with Crippen molar-refractivity contribution in [3.8, 4) is 11.1 Å². The molecule has 35 heavy (non-hydrogen) atoms. The summed E-state index contributed by atoms with van der Waals surface area (Å²) >= 11 is 0. The number of hydrogen-bond donors (Lipinski definition) is 2. The number of amides is 2. The summed E-state index contributed by atoms with van der Waals surface area (Å²) in [7, 11) is 1.55. The molecule has 0 bridgehead atoms. The third-order valence-corrected chi connectivity index (χ3v) is 6.28. The Kier molecular flexibility index (Phi) is 6.59. The average Bonchev–Trinajstić information content (AvgIpc) is 3.44. The van der Waals surface area contributed by atoms with Gasteiger partial charge in [-0.15, -0.1) is 0 Å². The molecular formula is C26H28N4O5. The van der Waals surface area contributed by atoms with Crippen molar-refractivity contribution in [2.24, 2.45) is 0 Å². The summed E-state index contributed by atoms with van der Waals surface area (Å²) in [5.74, 6) is -1.32. The van der Waals surface area contributed by atoms with Crippen molar-refractivity contribution in [1.29, 1.82) is 0 Å². The van der Waals surface area contributed by atoms with Crippen LogP contribution in [-0.4, -0.2) is 58.0 Å². The van der Waals surface area contributed by atoms with E-state index in [1.54, 1.807) is 27.1 Å². The average molecular weight is 477 g/mol. The molecule has 0 saturated heterocycles. The minimum atomic E-state index is -1.08. The number of aliphatic carboxylic acids is 1. The lowest BCUT2D eigenvalue weighted by Gasteiger charge is -2.29. The van der Waals surface area contributed by atoms with E-state index in [1.165, 1.54) is 15.8 Å². The van der Waals surface area contributed by atoms with E-state index in [-0.39, 0.29) is 31.4 Å². The van der Waals surface area contributed by atoms with Crippen LogP contribution in [0.3, 0.4) is 0 Å². The molecule has 0 aliphatic heterocycles. The van der Waals surface area contributed by atoms with E-state index in [4.69, 9.17) is 9.84 Å². The van der Waals surface area contributed by atoms with Crippen LogP contribution in [0.5, 0.6) is 0 Å². The predicted molar refractivity (Wildman–Crippen MR) is 130 cm³/mol. The van der Waals surface area contributed by atoms with Crippen LogP contribution in [0.25, 0.3) is 11.1 Å². The molecule has 9 nitrogen and oxygen atoms in total. The van der Waals surface area contributed by atoms with Crippen molar-refractivity contribution in [2.45, 2.75) is 31.7 Å². The van der Waals surface area contributed by atoms with Gasteiger partial charge in [0.25, 0.3) is 0 Å². The fraction of sp³-hybridized carbons (Fsp3) is 0.308. The number of ether oxygens (including phenoxy) is 1. The SMILES string of the molecule is CN(CCC(=O)O)C(=O)C(C)(C)n1cc(NC(=O)OCC2c3ccccc3-c3ccccc32)cn1. The highest BCUT2D eigenvalue weighted by Crippen LogP contribution is 2.44. The number of anilines is 1. The molecule has 1 heterocycles. The number of aromatic nitrogens is 2. The van der Waals surface area contributed by atoms with Crippen LogP contribution in [-0.2, 0) is 19.9 Å². The van der Waals surface area contributed by atoms with Gasteiger partial charge in [-0.05, 0) is 36.1 Å². The molecule has 2 aromatic carbocycles. The maximum atomic E-state index is 12.8. The molecule has 0 spiro atoms. The third kappa shape index (κ3) is 4.89. The van der Waals surface area contributed by atoms with Crippen LogP contribution >= 0.6 is 0 Å². The van der Waals surface area contributed by atoms with Crippen molar-refractivity contribution in [3.63, 3.8) is 0 Å². The Hall–Kier alpha value is -4.14. The second-order valence-corrected chi connectivity index (χ2v) is 9.05. The maximum Gasteiger partial charge on any atom is 0.411 e. The smallest absolute Gasteiger partial charge is 0.411 e. The number of nitrogens with zero attached hydrogens (tertiary/aromatic N) is 3. The van der Waals surface area contributed by atoms with Gasteiger partial charge in [0.2, 0.25) is 5.91 Å². The van der Waals surface area contributed by atoms with Gasteiger partial charge in [-0.2, -0.15) is 5.10 Å². The Morgan fingerprint density at radius 2 is 1.69 bits per heavy atom. The molecule has 1 aliphatic carbocycles. The molecule has 1 aliphatic rings. The highest BCUT2D eigenvalue weighted by atomic mass is 16.5. The zero-order valence-electron chi connectivity index (χ0n) is 19.9. The molecule has 0 unspecified atom stereocenters. The molecule has 182 valence electrons. The third-order valence-electron chi connectivity index (χ3n) is 6.28. The molecule has 2 amide bonds. The Morgan fingerprint density at radius 3 is 2.29 bits per heavy atom. The predicted octanol–water partition coefficient (Wildman–Crippen LogP) is 3.91. The van der Waals surface area contributed by atoms with Gasteiger partial charge in [0.15, 0.2) is 0 Å². The van der Waals surface area contributed by atoms with Gasteiger partial charge in [-0.3, -0.25) is 19.6 Å². The minimum absolute atomic E-state index is 0.0474. The summed E-state index contributed by atoms with van der Waals surface area (Å²) in [6.07, 6.45) is 2.22. The Balaban J connectivity index is 1.38. The van der Waals surface area contributed by atoms with Crippen molar-refractivity contribution in [1.82, 2.24) is 14.7 Å². The maximum absolute atomic E-state index is 12.8. The quantitative estimate of drug-likeness (QED) is 0.510. The van der Waals surface area contributed by atoms with Gasteiger partial charge in [0.05, 0.1) is 18.3 Å². The number of likely N-dealkylation sites (N-methyl/N-ethyl adjacent to an activating group) is 1. The number of carbonyl (C=O) groups excluding carboxylic acids is 2. The molecular weight excluding hydrogens is 448 g/mol. The summed E-state index contributed by atoms with van der Waals surface area (Å²) in [5, 5.41) is 15.7. The lowest BCUT2D eigenvalue weighted by molar-refractivity contribution is -0.141. The zero-order chi connectivity index (χ0) is 25.2. The first kappa shape index (κ1) is 24.0. The number of rotatable bonds is 8. The van der Waals surface area contributed by atoms with Crippen molar-refractivity contribution in [2.75, 3.05) is 25.5 Å². The van der Waals surface area contributed by atoms with E-state index in [0.717, 1.165) is 22.3 Å². The molecule has 0 radical (unpaired) electrons. The number of benzene rings is 2. The molecule has 0 atom stereocenters. The molecule has 0 fully saturated rings. The first-order valence-corrected chi connectivity index (χ1v) is 11.3. The molecule has 0 saturated carbocycles. The number of hydrogen-bond acceptors (Lipinski definition) is 5. The first-order chi connectivity index (χ1) is 16.7. The topological polar surface area (TPSA) is 114 Å². The van der Waals surface area contributed by atoms with E-state index in [1.807, 2.05) is 24.3 Å². The summed E-state index contributed by atoms with van der Waals surface area (Å²) in [4.78, 5) is 37.5. The summed E-state index contributed by atoms with van der Waals surface area (Å²) in [5.41, 5.74) is 3.87. The fourth-order valence-electron chi connectivity index (χ4n) is 4.38. The largest absolute Gasteiger partial charge is 0.481 e. The van der Waals surface area contributed by atoms with Crippen LogP contribution in [0.15, 0.2) is 60.9 Å². The second-order valence-electron chi connectivity index (χ2n) is 9.05. The normalized spacial score (nSPS) is 12.5. The van der Waals surface area contributed by atoms with E-state index in [2.05, 4.69) is 34.7 Å². The standard InChI is InChI=1S/C26H28N4O5/c1-26(2,24(33)29(3)13-12-23(31)32)30-15-17(14-27-30)28-25(34)35-16-22-20-10-6-4-8-18(20)19-9-5-7-11-21(19)22/h4-11,14-15,22H,12-13,16H2,1-3H3,(H,28,34)(H,31,32). The lowest BCUT2D eigenvalue weighted by Crippen LogP contribution is -2.46. The number of nitrogens with one attached hydrogen (secondary N) is 1. The van der Waals surface area contributed by atoms with E-state index >= 15 is 0 Å². The Labute approximate surface area is 203 Å². The van der Waals surface area contributed by atoms with Crippen LogP contribution in [0.1, 0.15) is 37.3 Å². The molecule has 3 aromatic rings. The number of carbonyl (C=O) groups is 3. The van der Waals surface area contributed by atoms with Gasteiger partial charge in [0.1, 0.15) is 12.1 Å². The van der Waals surface area contributed by atoms with Crippen molar-refractivity contribution in [3.05, 3.63) is 72.1 Å². The van der Waals surface area contributed by atoms with E-state index in [9.17, 15) is 14.4 Å². The van der Waals surface area contributed by atoms with Gasteiger partial charge in [0, 0.05) is 25.7 Å². The monoisotopic (exact) mass is 476 g/mol. The van der Waals surface area contributed by atoms with Crippen LogP contribution in [0.2, 0.25) is 0 Å². The van der Waals surface area contributed by atoms with Crippen LogP contribution < -0.4 is 5.32 Å². The summed E-state index contributed by atoms with van der Waals surface area (Å²) in [6.45, 7) is 3.63. The lowest BCUT2D eigenvalue weighted by atomic mass is 9.98. The Morgan fingerprint density at radius 1 is 1.09 bits per heavy atom. The van der Waals surface area contributed by atoms with Crippen molar-refractivity contribution >= 4 is 23.7 Å². The fourth-order valence-corrected chi connectivity index (χ4v) is 4.38. The number of carboxylic acids is 1. The molecule has 1 aromatic heterocycles. The second kappa shape index (κ2) is 9.61. The number of carboxylic acid groups (broad SMARTS) is 1. The summed E-state index contributed by atoms with van der Waals surface area (Å²) < 4.78 is 7.00. The first-order valence-electron chi connectivity index (χ1n) is 11.3. The van der Waals surface area contributed by atoms with E-state index < -0.39 is 17.6 Å². The highest BCUT2D eigenvalue weighted by molar-refractivity contribution is 5.86. The minimum Gasteiger partial charge on any atom is -0.481 e. The van der Waals surface area contributed by atoms with Gasteiger partial charge in [-0.1, -0.05) is 48.5 Å². The Bertz CT molecular complexity index is 1220. The molecule has 4 rings (SSSR count). The summed E-state index contributed by atoms with van der Waals surface area (Å²) in [6, 6.07) is 16.2. The van der Waals surface area contributed by atoms with Crippen LogP contribution in [0, 0.1) is 0 Å². The molecule has 9 heteroatoms. The van der Waals surface area contributed by atoms with Gasteiger partial charge >= 0.3 is 12.1 Å². The zero-order valence-corrected chi connectivity index (χ0v) is 19.9. The van der Waals surface area contributed by atoms with Gasteiger partial charge in [-0.25, -0.2) is 4.79 Å². The van der Waals surface area contributed by atoms with Crippen molar-refractivity contribution < 1.29 is 24.2 Å². The van der Waals surface area contributed by atoms with Crippen LogP contribution in [0.4, 0.5) is 10.5 Å². The highest BCUT2D eigenvalue weighted by Gasteiger charge is 2.34.